The van der Waals surface area contributed by atoms with Gasteiger partial charge in [0, 0.05) is 0 Å². The molecule has 1 atom stereocenters. The smallest absolute Gasteiger partial charge is 0.314 e. The van der Waals surface area contributed by atoms with Crippen molar-refractivity contribution in [3.05, 3.63) is 29.8 Å². The van der Waals surface area contributed by atoms with Crippen LogP contribution in [-0.2, 0) is 9.53 Å². The van der Waals surface area contributed by atoms with Crippen molar-refractivity contribution in [1.82, 2.24) is 0 Å². The lowest BCUT2D eigenvalue weighted by atomic mass is 9.82. The summed E-state index contributed by atoms with van der Waals surface area (Å²) in [6.07, 6.45) is -0.940. The molecule has 4 nitrogen and oxygen atoms in total. The van der Waals surface area contributed by atoms with Gasteiger partial charge in [0.15, 0.2) is 0 Å². The molecule has 1 unspecified atom stereocenters. The molecular weight excluding hydrogens is 220 g/mol. The van der Waals surface area contributed by atoms with Gasteiger partial charge < -0.3 is 14.6 Å². The highest BCUT2D eigenvalue weighted by Gasteiger charge is 2.37. The standard InChI is InChI=1S/C13H18O4/c1-13(2,12(15)17-4)11(14)9-6-5-7-10(8-9)16-3/h5-8,11,14H,1-4H3. The van der Waals surface area contributed by atoms with Gasteiger partial charge >= 0.3 is 5.97 Å². The molecular formula is C13H18O4. The monoisotopic (exact) mass is 238 g/mol. The van der Waals surface area contributed by atoms with Gasteiger partial charge in [0.25, 0.3) is 0 Å². The largest absolute Gasteiger partial charge is 0.497 e. The first-order valence-electron chi connectivity index (χ1n) is 5.34. The van der Waals surface area contributed by atoms with Gasteiger partial charge in [0.1, 0.15) is 5.75 Å². The fourth-order valence-electron chi connectivity index (χ4n) is 1.60. The highest BCUT2D eigenvalue weighted by atomic mass is 16.5. The summed E-state index contributed by atoms with van der Waals surface area (Å²) in [6.45, 7) is 3.28. The van der Waals surface area contributed by atoms with E-state index in [0.29, 0.717) is 11.3 Å². The van der Waals surface area contributed by atoms with E-state index in [1.807, 2.05) is 0 Å². The predicted molar refractivity (Wildman–Crippen MR) is 63.8 cm³/mol. The summed E-state index contributed by atoms with van der Waals surface area (Å²) >= 11 is 0. The van der Waals surface area contributed by atoms with Crippen LogP contribution < -0.4 is 4.74 Å². The Balaban J connectivity index is 3.02. The zero-order valence-electron chi connectivity index (χ0n) is 10.6. The second kappa shape index (κ2) is 5.19. The minimum absolute atomic E-state index is 0.451. The molecule has 0 fully saturated rings. The summed E-state index contributed by atoms with van der Waals surface area (Å²) in [6, 6.07) is 7.00. The number of rotatable bonds is 4. The fraction of sp³-hybridized carbons (Fsp3) is 0.462. The van der Waals surface area contributed by atoms with Gasteiger partial charge in [-0.15, -0.1) is 0 Å². The normalized spacial score (nSPS) is 13.0. The van der Waals surface area contributed by atoms with Crippen LogP contribution >= 0.6 is 0 Å². The second-order valence-corrected chi connectivity index (χ2v) is 4.39. The van der Waals surface area contributed by atoms with Crippen molar-refractivity contribution in [1.29, 1.82) is 0 Å². The molecule has 0 aliphatic rings. The maximum Gasteiger partial charge on any atom is 0.314 e. The average Bonchev–Trinajstić information content (AvgIpc) is 2.36. The van der Waals surface area contributed by atoms with Gasteiger partial charge in [0.05, 0.1) is 25.7 Å². The number of carbonyl (C=O) groups excluding carboxylic acids is 1. The highest BCUT2D eigenvalue weighted by molar-refractivity contribution is 5.76. The molecule has 1 rings (SSSR count). The summed E-state index contributed by atoms with van der Waals surface area (Å²) in [5.41, 5.74) is -0.374. The van der Waals surface area contributed by atoms with Crippen LogP contribution in [0.15, 0.2) is 24.3 Å². The zero-order chi connectivity index (χ0) is 13.1. The lowest BCUT2D eigenvalue weighted by Gasteiger charge is -2.27. The summed E-state index contributed by atoms with van der Waals surface area (Å²) in [5, 5.41) is 10.2. The minimum atomic E-state index is -0.999. The number of methoxy groups -OCH3 is 2. The fourth-order valence-corrected chi connectivity index (χ4v) is 1.60. The molecule has 0 amide bonds. The van der Waals surface area contributed by atoms with Crippen molar-refractivity contribution in [3.63, 3.8) is 0 Å². The Morgan fingerprint density at radius 3 is 2.53 bits per heavy atom. The number of esters is 1. The van der Waals surface area contributed by atoms with Crippen LogP contribution in [0.25, 0.3) is 0 Å². The van der Waals surface area contributed by atoms with Crippen molar-refractivity contribution in [2.24, 2.45) is 5.41 Å². The average molecular weight is 238 g/mol. The van der Waals surface area contributed by atoms with Gasteiger partial charge in [-0.25, -0.2) is 0 Å². The van der Waals surface area contributed by atoms with Crippen LogP contribution in [0.1, 0.15) is 25.5 Å². The van der Waals surface area contributed by atoms with Crippen LogP contribution in [-0.4, -0.2) is 25.3 Å². The first-order chi connectivity index (χ1) is 7.93. The van der Waals surface area contributed by atoms with E-state index in [9.17, 15) is 9.90 Å². The van der Waals surface area contributed by atoms with Crippen LogP contribution in [0.4, 0.5) is 0 Å². The number of benzene rings is 1. The van der Waals surface area contributed by atoms with Gasteiger partial charge in [0.2, 0.25) is 0 Å². The predicted octanol–water partition coefficient (Wildman–Crippen LogP) is 1.93. The highest BCUT2D eigenvalue weighted by Crippen LogP contribution is 2.35. The van der Waals surface area contributed by atoms with Gasteiger partial charge in [-0.1, -0.05) is 12.1 Å². The van der Waals surface area contributed by atoms with Crippen LogP contribution in [0, 0.1) is 5.41 Å². The van der Waals surface area contributed by atoms with Gasteiger partial charge in [-0.05, 0) is 31.5 Å². The third kappa shape index (κ3) is 2.77. The Labute approximate surface area is 101 Å². The maximum absolute atomic E-state index is 11.6. The van der Waals surface area contributed by atoms with E-state index in [1.54, 1.807) is 45.2 Å². The number of ether oxygens (including phenoxy) is 2. The summed E-state index contributed by atoms with van der Waals surface area (Å²) in [7, 11) is 2.86. The molecule has 94 valence electrons. The first-order valence-corrected chi connectivity index (χ1v) is 5.34. The molecule has 0 radical (unpaired) electrons. The maximum atomic E-state index is 11.6. The number of hydrogen-bond acceptors (Lipinski definition) is 4. The van der Waals surface area contributed by atoms with Crippen molar-refractivity contribution in [2.45, 2.75) is 20.0 Å². The Morgan fingerprint density at radius 1 is 1.35 bits per heavy atom. The van der Waals surface area contributed by atoms with Gasteiger partial charge in [-0.2, -0.15) is 0 Å². The van der Waals surface area contributed by atoms with E-state index in [-0.39, 0.29) is 0 Å². The van der Waals surface area contributed by atoms with Crippen molar-refractivity contribution >= 4 is 5.97 Å². The van der Waals surface area contributed by atoms with E-state index in [1.165, 1.54) is 7.11 Å². The van der Waals surface area contributed by atoms with E-state index >= 15 is 0 Å². The summed E-state index contributed by atoms with van der Waals surface area (Å²) in [5.74, 6) is 0.190. The first kappa shape index (κ1) is 13.5. The number of aliphatic hydroxyl groups is 1. The SMILES string of the molecule is COC(=O)C(C)(C)C(O)c1cccc(OC)c1. The Kier molecular flexibility index (Phi) is 4.12. The molecule has 0 saturated carbocycles. The lowest BCUT2D eigenvalue weighted by molar-refractivity contribution is -0.157. The summed E-state index contributed by atoms with van der Waals surface area (Å²) < 4.78 is 9.76. The second-order valence-electron chi connectivity index (χ2n) is 4.39. The number of hydrogen-bond donors (Lipinski definition) is 1. The molecule has 0 aromatic heterocycles. The zero-order valence-corrected chi connectivity index (χ0v) is 10.6. The van der Waals surface area contributed by atoms with Gasteiger partial charge in [-0.3, -0.25) is 4.79 Å². The molecule has 1 aromatic carbocycles. The molecule has 1 N–H and O–H groups in total. The van der Waals surface area contributed by atoms with Crippen LogP contribution in [0.3, 0.4) is 0 Å². The quantitative estimate of drug-likeness (QED) is 0.814. The Hall–Kier alpha value is -1.55. The Bertz CT molecular complexity index is 398. The minimum Gasteiger partial charge on any atom is -0.497 e. The summed E-state index contributed by atoms with van der Waals surface area (Å²) in [4.78, 5) is 11.6. The molecule has 0 bridgehead atoms. The molecule has 0 aliphatic carbocycles. The molecule has 0 spiro atoms. The molecule has 17 heavy (non-hydrogen) atoms. The van der Waals surface area contributed by atoms with E-state index in [2.05, 4.69) is 4.74 Å². The third-order valence-electron chi connectivity index (χ3n) is 2.80. The van der Waals surface area contributed by atoms with E-state index in [4.69, 9.17) is 4.74 Å². The topological polar surface area (TPSA) is 55.8 Å². The van der Waals surface area contributed by atoms with Crippen LogP contribution in [0.5, 0.6) is 5.75 Å². The molecule has 0 aliphatic heterocycles. The molecule has 0 saturated heterocycles. The van der Waals surface area contributed by atoms with Crippen molar-refractivity contribution in [3.8, 4) is 5.75 Å². The van der Waals surface area contributed by atoms with Crippen molar-refractivity contribution < 1.29 is 19.4 Å². The van der Waals surface area contributed by atoms with Crippen LogP contribution in [0.2, 0.25) is 0 Å². The molecule has 0 heterocycles. The molecule has 1 aromatic rings. The third-order valence-corrected chi connectivity index (χ3v) is 2.80. The number of carbonyl (C=O) groups is 1. The van der Waals surface area contributed by atoms with E-state index < -0.39 is 17.5 Å². The molecule has 4 heteroatoms. The van der Waals surface area contributed by atoms with E-state index in [0.717, 1.165) is 0 Å². The Morgan fingerprint density at radius 2 is 2.00 bits per heavy atom. The van der Waals surface area contributed by atoms with Crippen molar-refractivity contribution in [2.75, 3.05) is 14.2 Å². The lowest BCUT2D eigenvalue weighted by Crippen LogP contribution is -2.32. The number of aliphatic hydroxyl groups excluding tert-OH is 1.